The SMILES string of the molecule is Cc1cc(Br)ccc1NC1CCCC1CNC(=O)OC(C)(C)C. The third kappa shape index (κ3) is 5.72. The standard InChI is InChI=1S/C18H27BrN2O2/c1-12-10-14(19)8-9-15(12)21-16-7-5-6-13(16)11-20-17(22)23-18(2,3)4/h8-10,13,16,21H,5-7,11H2,1-4H3,(H,20,22). The first kappa shape index (κ1) is 18.1. The lowest BCUT2D eigenvalue weighted by atomic mass is 10.0. The molecule has 1 fully saturated rings. The first-order valence-electron chi connectivity index (χ1n) is 8.24. The second-order valence-electron chi connectivity index (χ2n) is 7.28. The molecule has 0 bridgehead atoms. The summed E-state index contributed by atoms with van der Waals surface area (Å²) in [5, 5.41) is 6.56. The fraction of sp³-hybridized carbons (Fsp3) is 0.611. The molecule has 1 aliphatic carbocycles. The molecule has 1 amide bonds. The average Bonchev–Trinajstić information content (AvgIpc) is 2.85. The quantitative estimate of drug-likeness (QED) is 0.781. The normalized spacial score (nSPS) is 21.1. The second kappa shape index (κ2) is 7.56. The van der Waals surface area contributed by atoms with E-state index in [1.807, 2.05) is 20.8 Å². The van der Waals surface area contributed by atoms with Gasteiger partial charge in [0, 0.05) is 22.7 Å². The van der Waals surface area contributed by atoms with Gasteiger partial charge in [0.1, 0.15) is 5.60 Å². The number of halogens is 1. The highest BCUT2D eigenvalue weighted by molar-refractivity contribution is 9.10. The summed E-state index contributed by atoms with van der Waals surface area (Å²) >= 11 is 3.50. The Morgan fingerprint density at radius 2 is 2.09 bits per heavy atom. The van der Waals surface area contributed by atoms with E-state index in [-0.39, 0.29) is 6.09 Å². The van der Waals surface area contributed by atoms with E-state index in [0.29, 0.717) is 18.5 Å². The Bertz CT molecular complexity index is 554. The molecule has 1 aliphatic rings. The molecule has 0 aliphatic heterocycles. The molecule has 23 heavy (non-hydrogen) atoms. The number of hydrogen-bond acceptors (Lipinski definition) is 3. The van der Waals surface area contributed by atoms with E-state index < -0.39 is 5.60 Å². The number of anilines is 1. The van der Waals surface area contributed by atoms with Crippen molar-refractivity contribution < 1.29 is 9.53 Å². The molecule has 0 spiro atoms. The Morgan fingerprint density at radius 3 is 2.74 bits per heavy atom. The van der Waals surface area contributed by atoms with Crippen LogP contribution in [0, 0.1) is 12.8 Å². The fourth-order valence-electron chi connectivity index (χ4n) is 2.99. The maximum atomic E-state index is 11.8. The van der Waals surface area contributed by atoms with Crippen molar-refractivity contribution in [1.82, 2.24) is 5.32 Å². The van der Waals surface area contributed by atoms with Gasteiger partial charge >= 0.3 is 6.09 Å². The van der Waals surface area contributed by atoms with Crippen LogP contribution in [0.15, 0.2) is 22.7 Å². The van der Waals surface area contributed by atoms with Crippen molar-refractivity contribution in [2.75, 3.05) is 11.9 Å². The Morgan fingerprint density at radius 1 is 1.35 bits per heavy atom. The molecule has 0 radical (unpaired) electrons. The molecule has 2 unspecified atom stereocenters. The van der Waals surface area contributed by atoms with Crippen LogP contribution >= 0.6 is 15.9 Å². The molecule has 1 aromatic carbocycles. The molecule has 4 nitrogen and oxygen atoms in total. The van der Waals surface area contributed by atoms with Gasteiger partial charge in [-0.1, -0.05) is 22.4 Å². The van der Waals surface area contributed by atoms with Gasteiger partial charge in [-0.25, -0.2) is 4.79 Å². The third-order valence-electron chi connectivity index (χ3n) is 4.10. The zero-order chi connectivity index (χ0) is 17.0. The summed E-state index contributed by atoms with van der Waals surface area (Å²) in [6, 6.07) is 6.67. The highest BCUT2D eigenvalue weighted by atomic mass is 79.9. The van der Waals surface area contributed by atoms with Crippen molar-refractivity contribution >= 4 is 27.7 Å². The minimum Gasteiger partial charge on any atom is -0.444 e. The predicted octanol–water partition coefficient (Wildman–Crippen LogP) is 4.86. The summed E-state index contributed by atoms with van der Waals surface area (Å²) in [5.74, 6) is 0.436. The summed E-state index contributed by atoms with van der Waals surface area (Å²) in [7, 11) is 0. The van der Waals surface area contributed by atoms with Gasteiger partial charge in [-0.2, -0.15) is 0 Å². The first-order chi connectivity index (χ1) is 10.7. The number of nitrogens with one attached hydrogen (secondary N) is 2. The Labute approximate surface area is 147 Å². The number of benzene rings is 1. The van der Waals surface area contributed by atoms with E-state index in [9.17, 15) is 4.79 Å². The molecular formula is C18H27BrN2O2. The monoisotopic (exact) mass is 382 g/mol. The van der Waals surface area contributed by atoms with Gasteiger partial charge in [0.2, 0.25) is 0 Å². The lowest BCUT2D eigenvalue weighted by Gasteiger charge is -2.25. The van der Waals surface area contributed by atoms with E-state index in [0.717, 1.165) is 17.3 Å². The maximum Gasteiger partial charge on any atom is 0.407 e. The highest BCUT2D eigenvalue weighted by Crippen LogP contribution is 2.30. The Hall–Kier alpha value is -1.23. The molecule has 1 saturated carbocycles. The number of carbonyl (C=O) groups is 1. The lowest BCUT2D eigenvalue weighted by molar-refractivity contribution is 0.0519. The number of aryl methyl sites for hydroxylation is 1. The zero-order valence-electron chi connectivity index (χ0n) is 14.4. The van der Waals surface area contributed by atoms with Crippen LogP contribution in [0.3, 0.4) is 0 Å². The van der Waals surface area contributed by atoms with Crippen molar-refractivity contribution in [3.8, 4) is 0 Å². The molecule has 128 valence electrons. The predicted molar refractivity (Wildman–Crippen MR) is 97.9 cm³/mol. The van der Waals surface area contributed by atoms with Crippen LogP contribution in [-0.2, 0) is 4.74 Å². The van der Waals surface area contributed by atoms with E-state index >= 15 is 0 Å². The molecule has 2 atom stereocenters. The lowest BCUT2D eigenvalue weighted by Crippen LogP contribution is -2.38. The van der Waals surface area contributed by atoms with E-state index in [2.05, 4.69) is 51.7 Å². The largest absolute Gasteiger partial charge is 0.444 e. The first-order valence-corrected chi connectivity index (χ1v) is 9.03. The zero-order valence-corrected chi connectivity index (χ0v) is 16.0. The minimum absolute atomic E-state index is 0.331. The highest BCUT2D eigenvalue weighted by Gasteiger charge is 2.28. The molecule has 0 saturated heterocycles. The van der Waals surface area contributed by atoms with Gasteiger partial charge in [-0.15, -0.1) is 0 Å². The van der Waals surface area contributed by atoms with Crippen LogP contribution in [0.1, 0.15) is 45.6 Å². The number of ether oxygens (including phenoxy) is 1. The summed E-state index contributed by atoms with van der Waals surface area (Å²) in [4.78, 5) is 11.8. The Balaban J connectivity index is 1.89. The second-order valence-corrected chi connectivity index (χ2v) is 8.20. The third-order valence-corrected chi connectivity index (χ3v) is 4.59. The molecule has 2 N–H and O–H groups in total. The van der Waals surface area contributed by atoms with Crippen LogP contribution in [0.4, 0.5) is 10.5 Å². The molecule has 1 aromatic rings. The molecule has 0 heterocycles. The van der Waals surface area contributed by atoms with Gasteiger partial charge in [-0.3, -0.25) is 0 Å². The number of amides is 1. The Kier molecular flexibility index (Phi) is 5.95. The molecular weight excluding hydrogens is 356 g/mol. The summed E-state index contributed by atoms with van der Waals surface area (Å²) in [6.45, 7) is 8.40. The van der Waals surface area contributed by atoms with Crippen LogP contribution < -0.4 is 10.6 Å². The fourth-order valence-corrected chi connectivity index (χ4v) is 3.46. The van der Waals surface area contributed by atoms with Crippen molar-refractivity contribution in [1.29, 1.82) is 0 Å². The van der Waals surface area contributed by atoms with Crippen molar-refractivity contribution in [2.45, 2.75) is 58.6 Å². The molecule has 5 heteroatoms. The molecule has 2 rings (SSSR count). The number of hydrogen-bond donors (Lipinski definition) is 2. The van der Waals surface area contributed by atoms with E-state index in [1.165, 1.54) is 17.7 Å². The van der Waals surface area contributed by atoms with Crippen molar-refractivity contribution in [3.05, 3.63) is 28.2 Å². The van der Waals surface area contributed by atoms with Gasteiger partial charge in [-0.05, 0) is 70.2 Å². The number of alkyl carbamates (subject to hydrolysis) is 1. The van der Waals surface area contributed by atoms with E-state index in [1.54, 1.807) is 0 Å². The topological polar surface area (TPSA) is 50.4 Å². The van der Waals surface area contributed by atoms with Crippen LogP contribution in [0.25, 0.3) is 0 Å². The summed E-state index contributed by atoms with van der Waals surface area (Å²) in [5.41, 5.74) is 1.94. The minimum atomic E-state index is -0.452. The maximum absolute atomic E-state index is 11.8. The van der Waals surface area contributed by atoms with E-state index in [4.69, 9.17) is 4.74 Å². The summed E-state index contributed by atoms with van der Waals surface area (Å²) < 4.78 is 6.40. The van der Waals surface area contributed by atoms with Gasteiger partial charge < -0.3 is 15.4 Å². The smallest absolute Gasteiger partial charge is 0.407 e. The van der Waals surface area contributed by atoms with Crippen LogP contribution in [0.5, 0.6) is 0 Å². The van der Waals surface area contributed by atoms with Crippen molar-refractivity contribution in [3.63, 3.8) is 0 Å². The summed E-state index contributed by atoms with van der Waals surface area (Å²) in [6.07, 6.45) is 3.12. The van der Waals surface area contributed by atoms with Crippen LogP contribution in [-0.4, -0.2) is 24.3 Å². The number of carbonyl (C=O) groups excluding carboxylic acids is 1. The van der Waals surface area contributed by atoms with Gasteiger partial charge in [0.15, 0.2) is 0 Å². The van der Waals surface area contributed by atoms with Gasteiger partial charge in [0.25, 0.3) is 0 Å². The van der Waals surface area contributed by atoms with Gasteiger partial charge in [0.05, 0.1) is 0 Å². The van der Waals surface area contributed by atoms with Crippen LogP contribution in [0.2, 0.25) is 0 Å². The van der Waals surface area contributed by atoms with Crippen molar-refractivity contribution in [2.24, 2.45) is 5.92 Å². The number of rotatable bonds is 4. The molecule has 0 aromatic heterocycles. The average molecular weight is 383 g/mol.